The minimum atomic E-state index is 0.616. The van der Waals surface area contributed by atoms with Crippen LogP contribution in [0.3, 0.4) is 0 Å². The van der Waals surface area contributed by atoms with Gasteiger partial charge in [-0.15, -0.1) is 0 Å². The second kappa shape index (κ2) is 3.65. The van der Waals surface area contributed by atoms with E-state index < -0.39 is 0 Å². The smallest absolute Gasteiger partial charge is 0.100 e. The van der Waals surface area contributed by atoms with E-state index in [0.29, 0.717) is 6.17 Å². The average Bonchev–Trinajstić information content (AvgIpc) is 2.34. The lowest BCUT2D eigenvalue weighted by Crippen LogP contribution is -2.36. The molecule has 1 rings (SSSR count). The Balaban J connectivity index is 2.47. The molecule has 0 bridgehead atoms. The third kappa shape index (κ3) is 1.67. The lowest BCUT2D eigenvalue weighted by Gasteiger charge is -2.29. The molecule has 0 aromatic carbocycles. The minimum Gasteiger partial charge on any atom is -0.359 e. The predicted molar refractivity (Wildman–Crippen MR) is 48.0 cm³/mol. The summed E-state index contributed by atoms with van der Waals surface area (Å²) in [5, 5.41) is 0. The van der Waals surface area contributed by atoms with Crippen molar-refractivity contribution in [3.8, 4) is 0 Å². The van der Waals surface area contributed by atoms with Crippen molar-refractivity contribution in [1.29, 1.82) is 0 Å². The molecule has 1 heterocycles. The van der Waals surface area contributed by atoms with Crippen molar-refractivity contribution in [3.05, 3.63) is 12.4 Å². The normalized spacial score (nSPS) is 23.4. The van der Waals surface area contributed by atoms with Crippen LogP contribution in [-0.2, 0) is 0 Å². The van der Waals surface area contributed by atoms with Crippen LogP contribution in [0.1, 0.15) is 26.7 Å². The van der Waals surface area contributed by atoms with Crippen molar-refractivity contribution < 1.29 is 0 Å². The van der Waals surface area contributed by atoms with E-state index in [1.54, 1.807) is 0 Å². The number of hydrogen-bond acceptors (Lipinski definition) is 2. The summed E-state index contributed by atoms with van der Waals surface area (Å²) < 4.78 is 0. The molecule has 0 aromatic rings. The van der Waals surface area contributed by atoms with Crippen molar-refractivity contribution in [3.63, 3.8) is 0 Å². The highest BCUT2D eigenvalue weighted by atomic mass is 15.4. The van der Waals surface area contributed by atoms with E-state index in [2.05, 4.69) is 43.1 Å². The molecule has 1 atom stereocenters. The first-order valence-corrected chi connectivity index (χ1v) is 4.45. The van der Waals surface area contributed by atoms with Crippen molar-refractivity contribution in [2.45, 2.75) is 32.9 Å². The molecule has 1 aliphatic heterocycles. The SMILES string of the molecule is CCCC1N(C)C=CN1CC. The van der Waals surface area contributed by atoms with E-state index in [1.165, 1.54) is 12.8 Å². The summed E-state index contributed by atoms with van der Waals surface area (Å²) in [5.74, 6) is 0. The van der Waals surface area contributed by atoms with Crippen LogP contribution in [0.15, 0.2) is 12.4 Å². The molecule has 2 nitrogen and oxygen atoms in total. The van der Waals surface area contributed by atoms with E-state index >= 15 is 0 Å². The number of hydrogen-bond donors (Lipinski definition) is 0. The van der Waals surface area contributed by atoms with Crippen LogP contribution in [0, 0.1) is 0 Å². The van der Waals surface area contributed by atoms with Gasteiger partial charge in [0.1, 0.15) is 6.17 Å². The highest BCUT2D eigenvalue weighted by molar-refractivity contribution is 4.94. The number of nitrogens with zero attached hydrogens (tertiary/aromatic N) is 2. The zero-order valence-electron chi connectivity index (χ0n) is 7.75. The largest absolute Gasteiger partial charge is 0.359 e. The minimum absolute atomic E-state index is 0.616. The van der Waals surface area contributed by atoms with Gasteiger partial charge in [0.2, 0.25) is 0 Å². The zero-order chi connectivity index (χ0) is 8.27. The molecule has 0 aromatic heterocycles. The van der Waals surface area contributed by atoms with E-state index in [0.717, 1.165) is 6.54 Å². The Morgan fingerprint density at radius 1 is 1.27 bits per heavy atom. The molecule has 0 amide bonds. The van der Waals surface area contributed by atoms with Gasteiger partial charge in [0.15, 0.2) is 0 Å². The summed E-state index contributed by atoms with van der Waals surface area (Å²) in [6, 6.07) is 0. The molecular formula is C9H18N2. The second-order valence-electron chi connectivity index (χ2n) is 3.06. The van der Waals surface area contributed by atoms with Crippen LogP contribution in [0.4, 0.5) is 0 Å². The van der Waals surface area contributed by atoms with Crippen LogP contribution in [-0.4, -0.2) is 29.6 Å². The molecule has 0 radical (unpaired) electrons. The zero-order valence-corrected chi connectivity index (χ0v) is 7.75. The topological polar surface area (TPSA) is 6.48 Å². The fourth-order valence-corrected chi connectivity index (χ4v) is 1.57. The monoisotopic (exact) mass is 154 g/mol. The van der Waals surface area contributed by atoms with Crippen LogP contribution in [0.2, 0.25) is 0 Å². The molecule has 0 saturated carbocycles. The summed E-state index contributed by atoms with van der Waals surface area (Å²) in [5.41, 5.74) is 0. The Kier molecular flexibility index (Phi) is 2.80. The van der Waals surface area contributed by atoms with E-state index in [4.69, 9.17) is 0 Å². The summed E-state index contributed by atoms with van der Waals surface area (Å²) in [6.45, 7) is 5.55. The maximum Gasteiger partial charge on any atom is 0.100 e. The van der Waals surface area contributed by atoms with Crippen LogP contribution in [0.25, 0.3) is 0 Å². The fourth-order valence-electron chi connectivity index (χ4n) is 1.57. The molecule has 1 aliphatic rings. The Bertz CT molecular complexity index is 142. The average molecular weight is 154 g/mol. The van der Waals surface area contributed by atoms with E-state index in [1.807, 2.05) is 0 Å². The third-order valence-corrected chi connectivity index (χ3v) is 2.26. The summed E-state index contributed by atoms with van der Waals surface area (Å²) in [4.78, 5) is 4.66. The second-order valence-corrected chi connectivity index (χ2v) is 3.06. The summed E-state index contributed by atoms with van der Waals surface area (Å²) in [7, 11) is 2.15. The molecule has 0 fully saturated rings. The Morgan fingerprint density at radius 3 is 2.55 bits per heavy atom. The van der Waals surface area contributed by atoms with Crippen molar-refractivity contribution in [2.24, 2.45) is 0 Å². The van der Waals surface area contributed by atoms with Gasteiger partial charge in [0.25, 0.3) is 0 Å². The first kappa shape index (κ1) is 8.44. The molecule has 0 N–H and O–H groups in total. The van der Waals surface area contributed by atoms with Gasteiger partial charge in [-0.2, -0.15) is 0 Å². The lowest BCUT2D eigenvalue weighted by molar-refractivity contribution is 0.170. The van der Waals surface area contributed by atoms with Gasteiger partial charge >= 0.3 is 0 Å². The van der Waals surface area contributed by atoms with Gasteiger partial charge in [0, 0.05) is 26.0 Å². The Labute approximate surface area is 69.5 Å². The molecule has 2 heteroatoms. The molecule has 0 spiro atoms. The van der Waals surface area contributed by atoms with Gasteiger partial charge in [0.05, 0.1) is 0 Å². The maximum atomic E-state index is 2.38. The Hall–Kier alpha value is -0.660. The van der Waals surface area contributed by atoms with Gasteiger partial charge in [-0.1, -0.05) is 13.3 Å². The molecule has 0 saturated heterocycles. The Morgan fingerprint density at radius 2 is 2.00 bits per heavy atom. The highest BCUT2D eigenvalue weighted by Gasteiger charge is 2.20. The van der Waals surface area contributed by atoms with Gasteiger partial charge in [-0.3, -0.25) is 0 Å². The molecule has 0 aliphatic carbocycles. The van der Waals surface area contributed by atoms with E-state index in [9.17, 15) is 0 Å². The molecule has 64 valence electrons. The summed E-state index contributed by atoms with van der Waals surface area (Å²) in [6.07, 6.45) is 7.47. The molecular weight excluding hydrogens is 136 g/mol. The summed E-state index contributed by atoms with van der Waals surface area (Å²) >= 11 is 0. The third-order valence-electron chi connectivity index (χ3n) is 2.26. The molecule has 11 heavy (non-hydrogen) atoms. The van der Waals surface area contributed by atoms with Crippen molar-refractivity contribution in [1.82, 2.24) is 9.80 Å². The standard InChI is InChI=1S/C9H18N2/c1-4-6-9-10(3)7-8-11(9)5-2/h7-9H,4-6H2,1-3H3. The van der Waals surface area contributed by atoms with Crippen molar-refractivity contribution in [2.75, 3.05) is 13.6 Å². The fraction of sp³-hybridized carbons (Fsp3) is 0.778. The quantitative estimate of drug-likeness (QED) is 0.612. The number of rotatable bonds is 3. The van der Waals surface area contributed by atoms with Crippen LogP contribution >= 0.6 is 0 Å². The first-order chi connectivity index (χ1) is 5.29. The van der Waals surface area contributed by atoms with Gasteiger partial charge in [-0.25, -0.2) is 0 Å². The molecule has 1 unspecified atom stereocenters. The predicted octanol–water partition coefficient (Wildman–Crippen LogP) is 1.85. The maximum absolute atomic E-state index is 2.38. The van der Waals surface area contributed by atoms with Crippen molar-refractivity contribution >= 4 is 0 Å². The lowest BCUT2D eigenvalue weighted by atomic mass is 10.2. The van der Waals surface area contributed by atoms with Crippen LogP contribution < -0.4 is 0 Å². The highest BCUT2D eigenvalue weighted by Crippen LogP contribution is 2.17. The van der Waals surface area contributed by atoms with Crippen LogP contribution in [0.5, 0.6) is 0 Å². The van der Waals surface area contributed by atoms with Gasteiger partial charge < -0.3 is 9.80 Å². The van der Waals surface area contributed by atoms with Gasteiger partial charge in [-0.05, 0) is 13.3 Å². The van der Waals surface area contributed by atoms with E-state index in [-0.39, 0.29) is 0 Å². The first-order valence-electron chi connectivity index (χ1n) is 4.45.